The first kappa shape index (κ1) is 18.3. The molecule has 1 aromatic rings. The SMILES string of the molecule is CC(c1cnc(N2CCCC2CO)cc1I)C(C)(C)OC(N)=O. The number of carbonyl (C=O) groups is 1. The minimum absolute atomic E-state index is 0.0457. The van der Waals surface area contributed by atoms with Crippen molar-refractivity contribution in [2.24, 2.45) is 5.73 Å². The zero-order chi connectivity index (χ0) is 17.2. The van der Waals surface area contributed by atoms with Gasteiger partial charge in [0.2, 0.25) is 0 Å². The molecule has 2 unspecified atom stereocenters. The summed E-state index contributed by atoms with van der Waals surface area (Å²) in [4.78, 5) is 17.8. The van der Waals surface area contributed by atoms with E-state index >= 15 is 0 Å². The van der Waals surface area contributed by atoms with Crippen LogP contribution >= 0.6 is 22.6 Å². The van der Waals surface area contributed by atoms with Crippen molar-refractivity contribution in [3.63, 3.8) is 0 Å². The summed E-state index contributed by atoms with van der Waals surface area (Å²) < 4.78 is 6.30. The Hall–Kier alpha value is -1.09. The van der Waals surface area contributed by atoms with Crippen LogP contribution in [0.2, 0.25) is 0 Å². The molecule has 1 aromatic heterocycles. The van der Waals surface area contributed by atoms with E-state index in [4.69, 9.17) is 10.5 Å². The average molecular weight is 433 g/mol. The van der Waals surface area contributed by atoms with Crippen molar-refractivity contribution in [1.29, 1.82) is 0 Å². The largest absolute Gasteiger partial charge is 0.443 e. The van der Waals surface area contributed by atoms with Crippen LogP contribution in [0.3, 0.4) is 0 Å². The van der Waals surface area contributed by atoms with E-state index in [1.165, 1.54) is 0 Å². The molecule has 7 heteroatoms. The molecule has 1 aliphatic heterocycles. The highest BCUT2D eigenvalue weighted by atomic mass is 127. The first-order valence-electron chi connectivity index (χ1n) is 7.77. The molecule has 128 valence electrons. The summed E-state index contributed by atoms with van der Waals surface area (Å²) >= 11 is 2.28. The zero-order valence-corrected chi connectivity index (χ0v) is 15.9. The molecule has 6 nitrogen and oxygen atoms in total. The van der Waals surface area contributed by atoms with Crippen molar-refractivity contribution in [3.8, 4) is 0 Å². The van der Waals surface area contributed by atoms with E-state index in [0.29, 0.717) is 0 Å². The summed E-state index contributed by atoms with van der Waals surface area (Å²) in [5.41, 5.74) is 5.46. The fourth-order valence-electron chi connectivity index (χ4n) is 2.96. The third-order valence-corrected chi connectivity index (χ3v) is 5.56. The Balaban J connectivity index is 2.24. The molecular formula is C16H24IN3O3. The van der Waals surface area contributed by atoms with Crippen LogP contribution in [-0.2, 0) is 4.74 Å². The van der Waals surface area contributed by atoms with Gasteiger partial charge in [0.15, 0.2) is 0 Å². The molecule has 1 amide bonds. The van der Waals surface area contributed by atoms with E-state index in [1.54, 1.807) is 0 Å². The van der Waals surface area contributed by atoms with Crippen LogP contribution in [0.25, 0.3) is 0 Å². The van der Waals surface area contributed by atoms with E-state index in [-0.39, 0.29) is 18.6 Å². The lowest BCUT2D eigenvalue weighted by atomic mass is 9.87. The van der Waals surface area contributed by atoms with Crippen LogP contribution in [0.4, 0.5) is 10.6 Å². The highest BCUT2D eigenvalue weighted by molar-refractivity contribution is 14.1. The summed E-state index contributed by atoms with van der Waals surface area (Å²) in [6, 6.07) is 2.18. The normalized spacial score (nSPS) is 19.7. The number of primary amides is 1. The van der Waals surface area contributed by atoms with Crippen LogP contribution in [0.1, 0.15) is 45.1 Å². The number of aliphatic hydroxyl groups excluding tert-OH is 1. The molecule has 1 fully saturated rings. The number of carbonyl (C=O) groups excluding carboxylic acids is 1. The first-order chi connectivity index (χ1) is 10.8. The van der Waals surface area contributed by atoms with E-state index in [1.807, 2.05) is 33.0 Å². The Morgan fingerprint density at radius 1 is 1.65 bits per heavy atom. The number of aliphatic hydroxyl groups is 1. The molecule has 3 N–H and O–H groups in total. The Labute approximate surface area is 150 Å². The van der Waals surface area contributed by atoms with Gasteiger partial charge in [0.1, 0.15) is 11.4 Å². The smallest absolute Gasteiger partial charge is 0.405 e. The van der Waals surface area contributed by atoms with Crippen LogP contribution < -0.4 is 10.6 Å². The van der Waals surface area contributed by atoms with Crippen LogP contribution in [0.5, 0.6) is 0 Å². The Morgan fingerprint density at radius 3 is 2.91 bits per heavy atom. The topological polar surface area (TPSA) is 88.7 Å². The maximum Gasteiger partial charge on any atom is 0.405 e. The molecule has 1 saturated heterocycles. The lowest BCUT2D eigenvalue weighted by molar-refractivity contribution is 0.0279. The second-order valence-electron chi connectivity index (χ2n) is 6.48. The predicted molar refractivity (Wildman–Crippen MR) is 97.6 cm³/mol. The monoisotopic (exact) mass is 433 g/mol. The van der Waals surface area contributed by atoms with Gasteiger partial charge in [0.25, 0.3) is 0 Å². The number of nitrogens with zero attached hydrogens (tertiary/aromatic N) is 2. The van der Waals surface area contributed by atoms with Crippen LogP contribution in [0, 0.1) is 3.57 Å². The molecule has 0 aliphatic carbocycles. The van der Waals surface area contributed by atoms with Crippen molar-refractivity contribution in [2.75, 3.05) is 18.1 Å². The maximum absolute atomic E-state index is 11.1. The first-order valence-corrected chi connectivity index (χ1v) is 8.85. The van der Waals surface area contributed by atoms with Gasteiger partial charge in [-0.05, 0) is 60.9 Å². The van der Waals surface area contributed by atoms with E-state index in [0.717, 1.165) is 34.3 Å². The van der Waals surface area contributed by atoms with Gasteiger partial charge in [0, 0.05) is 22.2 Å². The summed E-state index contributed by atoms with van der Waals surface area (Å²) in [5.74, 6) is 0.839. The van der Waals surface area contributed by atoms with Crippen molar-refractivity contribution < 1.29 is 14.6 Å². The summed E-state index contributed by atoms with van der Waals surface area (Å²) in [5, 5.41) is 9.47. The minimum atomic E-state index is -0.774. The Kier molecular flexibility index (Phi) is 5.72. The quantitative estimate of drug-likeness (QED) is 0.698. The van der Waals surface area contributed by atoms with Gasteiger partial charge in [-0.2, -0.15) is 0 Å². The van der Waals surface area contributed by atoms with Gasteiger partial charge >= 0.3 is 6.09 Å². The maximum atomic E-state index is 11.1. The van der Waals surface area contributed by atoms with Crippen LogP contribution in [-0.4, -0.2) is 41.0 Å². The van der Waals surface area contributed by atoms with E-state index in [2.05, 4.69) is 32.5 Å². The fourth-order valence-corrected chi connectivity index (χ4v) is 3.84. The van der Waals surface area contributed by atoms with Crippen molar-refractivity contribution in [3.05, 3.63) is 21.4 Å². The Morgan fingerprint density at radius 2 is 2.35 bits per heavy atom. The number of rotatable bonds is 5. The number of ether oxygens (including phenoxy) is 1. The van der Waals surface area contributed by atoms with E-state index in [9.17, 15) is 9.90 Å². The molecule has 0 aromatic carbocycles. The third kappa shape index (κ3) is 4.06. The molecule has 23 heavy (non-hydrogen) atoms. The van der Waals surface area contributed by atoms with E-state index < -0.39 is 11.7 Å². The molecule has 0 bridgehead atoms. The molecular weight excluding hydrogens is 409 g/mol. The van der Waals surface area contributed by atoms with Gasteiger partial charge < -0.3 is 20.5 Å². The number of nitrogens with two attached hydrogens (primary N) is 1. The van der Waals surface area contributed by atoms with Crippen molar-refractivity contribution in [1.82, 2.24) is 4.98 Å². The number of amides is 1. The lowest BCUT2D eigenvalue weighted by Gasteiger charge is -2.32. The average Bonchev–Trinajstić information content (AvgIpc) is 2.93. The molecule has 2 heterocycles. The minimum Gasteiger partial charge on any atom is -0.443 e. The Bertz CT molecular complexity index is 580. The van der Waals surface area contributed by atoms with Gasteiger partial charge in [0.05, 0.1) is 12.6 Å². The fraction of sp³-hybridized carbons (Fsp3) is 0.625. The summed E-state index contributed by atoms with van der Waals surface area (Å²) in [6.45, 7) is 6.74. The van der Waals surface area contributed by atoms with Gasteiger partial charge in [-0.1, -0.05) is 6.92 Å². The van der Waals surface area contributed by atoms with Gasteiger partial charge in [-0.25, -0.2) is 9.78 Å². The number of aromatic nitrogens is 1. The van der Waals surface area contributed by atoms with Crippen molar-refractivity contribution >= 4 is 34.5 Å². The molecule has 0 spiro atoms. The number of hydrogen-bond acceptors (Lipinski definition) is 5. The molecule has 2 rings (SSSR count). The molecule has 0 saturated carbocycles. The second kappa shape index (κ2) is 7.21. The summed E-state index contributed by atoms with van der Waals surface area (Å²) in [7, 11) is 0. The standard InChI is InChI=1S/C16H24IN3O3/c1-10(16(2,3)23-15(18)22)12-8-19-14(7-13(12)17)20-6-4-5-11(20)9-21/h7-8,10-11,21H,4-6,9H2,1-3H3,(H2,18,22). The number of hydrogen-bond donors (Lipinski definition) is 2. The lowest BCUT2D eigenvalue weighted by Crippen LogP contribution is -2.36. The molecule has 1 aliphatic rings. The third-order valence-electron chi connectivity index (χ3n) is 4.62. The number of anilines is 1. The zero-order valence-electron chi connectivity index (χ0n) is 13.8. The second-order valence-corrected chi connectivity index (χ2v) is 7.64. The van der Waals surface area contributed by atoms with Crippen molar-refractivity contribution in [2.45, 2.75) is 51.2 Å². The number of halogens is 1. The van der Waals surface area contributed by atoms with Gasteiger partial charge in [-0.15, -0.1) is 0 Å². The predicted octanol–water partition coefficient (Wildman–Crippen LogP) is 2.62. The summed E-state index contributed by atoms with van der Waals surface area (Å²) in [6.07, 6.45) is 3.12. The molecule has 2 atom stereocenters. The highest BCUT2D eigenvalue weighted by Gasteiger charge is 2.33. The highest BCUT2D eigenvalue weighted by Crippen LogP contribution is 2.35. The molecule has 0 radical (unpaired) electrons. The van der Waals surface area contributed by atoms with Gasteiger partial charge in [-0.3, -0.25) is 0 Å². The number of pyridine rings is 1. The van der Waals surface area contributed by atoms with Crippen LogP contribution in [0.15, 0.2) is 12.3 Å².